The molecular weight excluding hydrogens is 352 g/mol. The molecule has 6 atom stereocenters. The fraction of sp³-hybridized carbons (Fsp3) is 0.500. The molecule has 1 N–H and O–H groups in total. The number of benzene rings is 1. The number of ether oxygens (including phenoxy) is 6. The summed E-state index contributed by atoms with van der Waals surface area (Å²) in [5, 5.41) is 9.49. The quantitative estimate of drug-likeness (QED) is 0.696. The van der Waals surface area contributed by atoms with Gasteiger partial charge in [-0.25, -0.2) is 0 Å². The van der Waals surface area contributed by atoms with E-state index in [0.717, 1.165) is 5.56 Å². The van der Waals surface area contributed by atoms with Gasteiger partial charge >= 0.3 is 0 Å². The van der Waals surface area contributed by atoms with E-state index in [2.05, 4.69) is 13.2 Å². The summed E-state index contributed by atoms with van der Waals surface area (Å²) in [5.41, 5.74) is 0.797. The van der Waals surface area contributed by atoms with Crippen molar-refractivity contribution in [3.63, 3.8) is 0 Å². The maximum Gasteiger partial charge on any atom is 0.186 e. The standard InChI is InChI=1S/C20H26O7/c1-4-10-23-17-16-15(26-20(22-3)18(17)24-11-5-2)12-25-19(27-16)13-6-8-14(21)9-7-13/h4-9,15-21H,1-2,10-12H2,3H3/t15-,16-,17+,18-,19-,20+/m1/s1. The van der Waals surface area contributed by atoms with Gasteiger partial charge in [-0.1, -0.05) is 24.3 Å². The van der Waals surface area contributed by atoms with Gasteiger partial charge in [0.05, 0.1) is 19.8 Å². The molecule has 2 saturated heterocycles. The molecule has 7 heteroatoms. The van der Waals surface area contributed by atoms with Gasteiger partial charge in [-0.2, -0.15) is 0 Å². The van der Waals surface area contributed by atoms with Crippen molar-refractivity contribution in [1.82, 2.24) is 0 Å². The molecule has 0 bridgehead atoms. The van der Waals surface area contributed by atoms with Crippen LogP contribution < -0.4 is 0 Å². The monoisotopic (exact) mass is 378 g/mol. The van der Waals surface area contributed by atoms with Crippen LogP contribution in [0, 0.1) is 0 Å². The summed E-state index contributed by atoms with van der Waals surface area (Å²) in [7, 11) is 1.56. The lowest BCUT2D eigenvalue weighted by atomic mass is 9.97. The first-order valence-electron chi connectivity index (χ1n) is 8.87. The summed E-state index contributed by atoms with van der Waals surface area (Å²) >= 11 is 0. The zero-order chi connectivity index (χ0) is 19.2. The van der Waals surface area contributed by atoms with Crippen LogP contribution in [0.15, 0.2) is 49.6 Å². The molecule has 7 nitrogen and oxygen atoms in total. The molecule has 3 rings (SSSR count). The summed E-state index contributed by atoms with van der Waals surface area (Å²) in [6, 6.07) is 6.70. The van der Waals surface area contributed by atoms with Crippen LogP contribution in [0.1, 0.15) is 11.9 Å². The average molecular weight is 378 g/mol. The molecule has 1 aromatic carbocycles. The normalized spacial score (nSPS) is 33.2. The van der Waals surface area contributed by atoms with Crippen LogP contribution in [0.3, 0.4) is 0 Å². The first kappa shape index (κ1) is 20.0. The van der Waals surface area contributed by atoms with E-state index < -0.39 is 30.9 Å². The molecule has 0 aliphatic carbocycles. The highest BCUT2D eigenvalue weighted by atomic mass is 16.8. The third kappa shape index (κ3) is 4.57. The van der Waals surface area contributed by atoms with Gasteiger partial charge < -0.3 is 33.5 Å². The van der Waals surface area contributed by atoms with Crippen molar-refractivity contribution in [2.75, 3.05) is 26.9 Å². The lowest BCUT2D eigenvalue weighted by Crippen LogP contribution is -2.63. The SMILES string of the molecule is C=CCO[C@@H]1[C@@H](OCC=C)[C@@H](OC)O[C@@H]2CO[C@@H](c3ccc(O)cc3)O[C@@H]12. The number of hydrogen-bond acceptors (Lipinski definition) is 7. The van der Waals surface area contributed by atoms with Crippen molar-refractivity contribution in [3.8, 4) is 5.75 Å². The minimum Gasteiger partial charge on any atom is -0.508 e. The molecule has 0 unspecified atom stereocenters. The van der Waals surface area contributed by atoms with Crippen LogP contribution in [0.2, 0.25) is 0 Å². The Morgan fingerprint density at radius 2 is 1.74 bits per heavy atom. The molecule has 0 saturated carbocycles. The molecule has 148 valence electrons. The zero-order valence-corrected chi connectivity index (χ0v) is 15.4. The molecule has 0 radical (unpaired) electrons. The molecular formula is C20H26O7. The topological polar surface area (TPSA) is 75.6 Å². The van der Waals surface area contributed by atoms with Crippen molar-refractivity contribution in [2.45, 2.75) is 37.0 Å². The van der Waals surface area contributed by atoms with Crippen molar-refractivity contribution in [1.29, 1.82) is 0 Å². The number of methoxy groups -OCH3 is 1. The van der Waals surface area contributed by atoms with E-state index in [1.54, 1.807) is 43.5 Å². The first-order valence-corrected chi connectivity index (χ1v) is 8.87. The molecule has 2 fully saturated rings. The minimum absolute atomic E-state index is 0.182. The van der Waals surface area contributed by atoms with Crippen LogP contribution >= 0.6 is 0 Å². The fourth-order valence-corrected chi connectivity index (χ4v) is 3.26. The lowest BCUT2D eigenvalue weighted by Gasteiger charge is -2.48. The van der Waals surface area contributed by atoms with Gasteiger partial charge in [0.1, 0.15) is 30.2 Å². The Morgan fingerprint density at radius 3 is 2.37 bits per heavy atom. The summed E-state index contributed by atoms with van der Waals surface area (Å²) < 4.78 is 35.3. The van der Waals surface area contributed by atoms with Gasteiger partial charge in [-0.3, -0.25) is 0 Å². The highest BCUT2D eigenvalue weighted by Crippen LogP contribution is 2.36. The number of hydrogen-bond donors (Lipinski definition) is 1. The van der Waals surface area contributed by atoms with E-state index in [4.69, 9.17) is 28.4 Å². The van der Waals surface area contributed by atoms with Gasteiger partial charge in [0.15, 0.2) is 12.6 Å². The Morgan fingerprint density at radius 1 is 1.07 bits per heavy atom. The van der Waals surface area contributed by atoms with Gasteiger partial charge in [-0.15, -0.1) is 13.2 Å². The molecule has 0 amide bonds. The summed E-state index contributed by atoms with van der Waals surface area (Å²) in [4.78, 5) is 0. The van der Waals surface area contributed by atoms with Crippen LogP contribution in [-0.2, 0) is 28.4 Å². The Labute approximate surface area is 159 Å². The van der Waals surface area contributed by atoms with Gasteiger partial charge in [0.25, 0.3) is 0 Å². The second-order valence-corrected chi connectivity index (χ2v) is 6.31. The first-order chi connectivity index (χ1) is 13.2. The predicted octanol–water partition coefficient (Wildman–Crippen LogP) is 2.32. The Kier molecular flexibility index (Phi) is 7.01. The van der Waals surface area contributed by atoms with E-state index in [9.17, 15) is 5.11 Å². The molecule has 1 aromatic rings. The van der Waals surface area contributed by atoms with Crippen LogP contribution in [0.25, 0.3) is 0 Å². The molecule has 0 aromatic heterocycles. The third-order valence-electron chi connectivity index (χ3n) is 4.49. The Bertz CT molecular complexity index is 617. The molecule has 2 aliphatic rings. The maximum absolute atomic E-state index is 9.49. The van der Waals surface area contributed by atoms with E-state index in [1.807, 2.05) is 0 Å². The fourth-order valence-electron chi connectivity index (χ4n) is 3.26. The van der Waals surface area contributed by atoms with E-state index in [-0.39, 0.29) is 11.9 Å². The van der Waals surface area contributed by atoms with Crippen molar-refractivity contribution in [3.05, 3.63) is 55.1 Å². The van der Waals surface area contributed by atoms with Crippen LogP contribution in [0.5, 0.6) is 5.75 Å². The summed E-state index contributed by atoms with van der Waals surface area (Å²) in [6.07, 6.45) is 0.424. The van der Waals surface area contributed by atoms with Crippen LogP contribution in [-0.4, -0.2) is 62.7 Å². The smallest absolute Gasteiger partial charge is 0.186 e. The van der Waals surface area contributed by atoms with E-state index >= 15 is 0 Å². The number of aromatic hydroxyl groups is 1. The maximum atomic E-state index is 9.49. The highest BCUT2D eigenvalue weighted by Gasteiger charge is 2.51. The largest absolute Gasteiger partial charge is 0.508 e. The third-order valence-corrected chi connectivity index (χ3v) is 4.49. The minimum atomic E-state index is -0.613. The van der Waals surface area contributed by atoms with Gasteiger partial charge in [0, 0.05) is 12.7 Å². The summed E-state index contributed by atoms with van der Waals surface area (Å²) in [6.45, 7) is 8.39. The second-order valence-electron chi connectivity index (χ2n) is 6.31. The molecule has 2 aliphatic heterocycles. The lowest BCUT2D eigenvalue weighted by molar-refractivity contribution is -0.365. The Hall–Kier alpha value is -1.74. The van der Waals surface area contributed by atoms with Crippen molar-refractivity contribution >= 4 is 0 Å². The van der Waals surface area contributed by atoms with Gasteiger partial charge in [-0.05, 0) is 12.1 Å². The molecule has 27 heavy (non-hydrogen) atoms. The second kappa shape index (κ2) is 9.45. The molecule has 2 heterocycles. The van der Waals surface area contributed by atoms with E-state index in [1.165, 1.54) is 0 Å². The van der Waals surface area contributed by atoms with Crippen LogP contribution in [0.4, 0.5) is 0 Å². The van der Waals surface area contributed by atoms with Crippen molar-refractivity contribution < 1.29 is 33.5 Å². The summed E-state index contributed by atoms with van der Waals surface area (Å²) in [5.74, 6) is 0.182. The molecule has 0 spiro atoms. The predicted molar refractivity (Wildman–Crippen MR) is 97.2 cm³/mol. The van der Waals surface area contributed by atoms with Gasteiger partial charge in [0.2, 0.25) is 0 Å². The number of phenolic OH excluding ortho intramolecular Hbond substituents is 1. The number of fused-ring (bicyclic) bond motifs is 1. The average Bonchev–Trinajstić information content (AvgIpc) is 2.70. The zero-order valence-electron chi connectivity index (χ0n) is 15.4. The Balaban J connectivity index is 1.81. The highest BCUT2D eigenvalue weighted by molar-refractivity contribution is 5.26. The number of rotatable bonds is 8. The van der Waals surface area contributed by atoms with Crippen molar-refractivity contribution in [2.24, 2.45) is 0 Å². The van der Waals surface area contributed by atoms with E-state index in [0.29, 0.717) is 19.8 Å². The number of phenols is 1.